The molecule has 0 aliphatic carbocycles. The molecule has 0 aromatic carbocycles. The van der Waals surface area contributed by atoms with Crippen molar-refractivity contribution in [3.8, 4) is 0 Å². The number of amides is 2. The van der Waals surface area contributed by atoms with E-state index in [1.54, 1.807) is 13.8 Å². The van der Waals surface area contributed by atoms with Crippen LogP contribution in [0.4, 0.5) is 0 Å². The van der Waals surface area contributed by atoms with Gasteiger partial charge in [-0.1, -0.05) is 0 Å². The van der Waals surface area contributed by atoms with Gasteiger partial charge in [-0.15, -0.1) is 0 Å². The number of carbonyl (C=O) groups excluding carboxylic acids is 4. The van der Waals surface area contributed by atoms with Crippen molar-refractivity contribution in [1.82, 2.24) is 9.88 Å². The van der Waals surface area contributed by atoms with E-state index >= 15 is 0 Å². The van der Waals surface area contributed by atoms with E-state index in [9.17, 15) is 19.2 Å². The predicted octanol–water partition coefficient (Wildman–Crippen LogP) is 0.964. The van der Waals surface area contributed by atoms with Crippen LogP contribution < -0.4 is 0 Å². The molecule has 1 aromatic heterocycles. The summed E-state index contributed by atoms with van der Waals surface area (Å²) in [5.41, 5.74) is 0.952. The quantitative estimate of drug-likeness (QED) is 0.429. The van der Waals surface area contributed by atoms with Crippen molar-refractivity contribution in [3.63, 3.8) is 0 Å². The first-order chi connectivity index (χ1) is 12.0. The van der Waals surface area contributed by atoms with Crippen molar-refractivity contribution in [1.29, 1.82) is 0 Å². The Kier molecular flexibility index (Phi) is 5.99. The molecule has 0 bridgehead atoms. The number of nitrogens with zero attached hydrogens (tertiary/aromatic N) is 2. The fourth-order valence-electron chi connectivity index (χ4n) is 2.29. The number of ether oxygens (including phenoxy) is 2. The number of rotatable bonds is 6. The molecule has 8 heteroatoms. The highest BCUT2D eigenvalue weighted by Gasteiger charge is 2.35. The van der Waals surface area contributed by atoms with Crippen LogP contribution in [0.5, 0.6) is 0 Å². The largest absolute Gasteiger partial charge is 0.465 e. The average molecular weight is 346 g/mol. The molecule has 0 spiro atoms. The summed E-state index contributed by atoms with van der Waals surface area (Å²) < 4.78 is 9.65. The highest BCUT2D eigenvalue weighted by molar-refractivity contribution is 6.16. The molecule has 0 N–H and O–H groups in total. The third-order valence-electron chi connectivity index (χ3n) is 3.37. The first kappa shape index (κ1) is 18.3. The maximum absolute atomic E-state index is 12.3. The van der Waals surface area contributed by atoms with Crippen LogP contribution in [0.25, 0.3) is 6.08 Å². The van der Waals surface area contributed by atoms with Gasteiger partial charge in [0.2, 0.25) is 5.91 Å². The van der Waals surface area contributed by atoms with Crippen LogP contribution in [0, 0.1) is 0 Å². The highest BCUT2D eigenvalue weighted by atomic mass is 16.5. The van der Waals surface area contributed by atoms with Gasteiger partial charge in [0.25, 0.3) is 5.91 Å². The van der Waals surface area contributed by atoms with Gasteiger partial charge >= 0.3 is 11.9 Å². The molecule has 2 amide bonds. The van der Waals surface area contributed by atoms with Crippen LogP contribution in [0.2, 0.25) is 0 Å². The molecular formula is C17H18N2O6. The molecule has 1 fully saturated rings. The fourth-order valence-corrected chi connectivity index (χ4v) is 2.29. The normalized spacial score (nSPS) is 15.6. The molecule has 0 radical (unpaired) electrons. The zero-order valence-electron chi connectivity index (χ0n) is 14.0. The van der Waals surface area contributed by atoms with Crippen LogP contribution in [0.1, 0.15) is 36.2 Å². The first-order valence-corrected chi connectivity index (χ1v) is 7.79. The number of esters is 2. The lowest BCUT2D eigenvalue weighted by Crippen LogP contribution is -2.35. The lowest BCUT2D eigenvalue weighted by atomic mass is 10.1. The Morgan fingerprint density at radius 1 is 1.20 bits per heavy atom. The zero-order valence-corrected chi connectivity index (χ0v) is 14.0. The van der Waals surface area contributed by atoms with Gasteiger partial charge in [-0.05, 0) is 31.6 Å². The summed E-state index contributed by atoms with van der Waals surface area (Å²) in [4.78, 5) is 52.2. The SMILES string of the molecule is CCOC(=O)CN1C(=O)C/C(=C\c2cncc(C(=O)OCC)c2)C1=O. The van der Waals surface area contributed by atoms with E-state index in [0.29, 0.717) is 5.56 Å². The lowest BCUT2D eigenvalue weighted by molar-refractivity contribution is -0.151. The van der Waals surface area contributed by atoms with Crippen LogP contribution in [0.3, 0.4) is 0 Å². The van der Waals surface area contributed by atoms with Gasteiger partial charge < -0.3 is 9.47 Å². The van der Waals surface area contributed by atoms with Crippen LogP contribution in [0.15, 0.2) is 24.0 Å². The molecule has 0 saturated carbocycles. The van der Waals surface area contributed by atoms with E-state index in [4.69, 9.17) is 9.47 Å². The van der Waals surface area contributed by atoms with Gasteiger partial charge in [0.05, 0.1) is 25.2 Å². The van der Waals surface area contributed by atoms with E-state index in [2.05, 4.69) is 4.98 Å². The molecule has 1 saturated heterocycles. The van der Waals surface area contributed by atoms with E-state index in [-0.39, 0.29) is 30.8 Å². The van der Waals surface area contributed by atoms with Gasteiger partial charge in [-0.3, -0.25) is 24.3 Å². The number of hydrogen-bond donors (Lipinski definition) is 0. The minimum Gasteiger partial charge on any atom is -0.465 e. The second kappa shape index (κ2) is 8.18. The Labute approximate surface area is 144 Å². The standard InChI is InChI=1S/C17H18N2O6/c1-3-24-15(21)10-19-14(20)7-12(16(19)22)5-11-6-13(9-18-8-11)17(23)25-4-2/h5-6,8-9H,3-4,7,10H2,1-2H3/b12-5+. The third kappa shape index (κ3) is 4.50. The summed E-state index contributed by atoms with van der Waals surface area (Å²) in [6.07, 6.45) is 4.17. The second-order valence-corrected chi connectivity index (χ2v) is 5.16. The smallest absolute Gasteiger partial charge is 0.339 e. The molecule has 8 nitrogen and oxygen atoms in total. The molecular weight excluding hydrogens is 328 g/mol. The molecule has 25 heavy (non-hydrogen) atoms. The molecule has 132 valence electrons. The summed E-state index contributed by atoms with van der Waals surface area (Å²) in [6, 6.07) is 1.52. The monoisotopic (exact) mass is 346 g/mol. The van der Waals surface area contributed by atoms with Crippen molar-refractivity contribution in [2.75, 3.05) is 19.8 Å². The molecule has 0 atom stereocenters. The van der Waals surface area contributed by atoms with Gasteiger partial charge in [0.1, 0.15) is 6.54 Å². The van der Waals surface area contributed by atoms with Gasteiger partial charge in [-0.25, -0.2) is 4.79 Å². The molecule has 0 unspecified atom stereocenters. The Morgan fingerprint density at radius 2 is 1.92 bits per heavy atom. The lowest BCUT2D eigenvalue weighted by Gasteiger charge is -2.11. The average Bonchev–Trinajstić information content (AvgIpc) is 2.83. The molecule has 1 aliphatic rings. The van der Waals surface area contributed by atoms with Crippen LogP contribution in [-0.2, 0) is 23.9 Å². The summed E-state index contributed by atoms with van der Waals surface area (Å²) >= 11 is 0. The number of hydrogen-bond acceptors (Lipinski definition) is 7. The first-order valence-electron chi connectivity index (χ1n) is 7.79. The zero-order chi connectivity index (χ0) is 18.4. The van der Waals surface area contributed by atoms with Crippen LogP contribution in [-0.4, -0.2) is 53.4 Å². The van der Waals surface area contributed by atoms with E-state index in [0.717, 1.165) is 4.90 Å². The Morgan fingerprint density at radius 3 is 2.60 bits per heavy atom. The van der Waals surface area contributed by atoms with E-state index < -0.39 is 30.3 Å². The number of imide groups is 1. The van der Waals surface area contributed by atoms with Crippen molar-refractivity contribution in [2.24, 2.45) is 0 Å². The van der Waals surface area contributed by atoms with Crippen molar-refractivity contribution in [3.05, 3.63) is 35.2 Å². The summed E-state index contributed by atoms with van der Waals surface area (Å²) in [6.45, 7) is 3.33. The summed E-state index contributed by atoms with van der Waals surface area (Å²) in [5, 5.41) is 0. The van der Waals surface area contributed by atoms with Gasteiger partial charge in [-0.2, -0.15) is 0 Å². The molecule has 2 rings (SSSR count). The molecule has 1 aromatic rings. The summed E-state index contributed by atoms with van der Waals surface area (Å²) in [5.74, 6) is -2.19. The van der Waals surface area contributed by atoms with E-state index in [1.807, 2.05) is 0 Å². The highest BCUT2D eigenvalue weighted by Crippen LogP contribution is 2.21. The predicted molar refractivity (Wildman–Crippen MR) is 86.1 cm³/mol. The van der Waals surface area contributed by atoms with Crippen LogP contribution >= 0.6 is 0 Å². The maximum atomic E-state index is 12.3. The van der Waals surface area contributed by atoms with Crippen molar-refractivity contribution < 1.29 is 28.7 Å². The Hall–Kier alpha value is -3.03. The number of pyridine rings is 1. The third-order valence-corrected chi connectivity index (χ3v) is 3.37. The second-order valence-electron chi connectivity index (χ2n) is 5.16. The molecule has 2 heterocycles. The molecule has 1 aliphatic heterocycles. The maximum Gasteiger partial charge on any atom is 0.339 e. The van der Waals surface area contributed by atoms with Crippen molar-refractivity contribution >= 4 is 29.8 Å². The fraction of sp³-hybridized carbons (Fsp3) is 0.353. The minimum atomic E-state index is -0.642. The van der Waals surface area contributed by atoms with Crippen molar-refractivity contribution in [2.45, 2.75) is 20.3 Å². The van der Waals surface area contributed by atoms with E-state index in [1.165, 1.54) is 24.5 Å². The Bertz CT molecular complexity index is 740. The summed E-state index contributed by atoms with van der Waals surface area (Å²) in [7, 11) is 0. The number of carbonyl (C=O) groups is 4. The van der Waals surface area contributed by atoms with Gasteiger partial charge in [0, 0.05) is 18.0 Å². The minimum absolute atomic E-state index is 0.123. The van der Waals surface area contributed by atoms with Gasteiger partial charge in [0.15, 0.2) is 0 Å². The topological polar surface area (TPSA) is 103 Å². The number of likely N-dealkylation sites (tertiary alicyclic amines) is 1. The number of aromatic nitrogens is 1. The Balaban J connectivity index is 2.17.